The van der Waals surface area contributed by atoms with E-state index in [2.05, 4.69) is 30.4 Å². The molecule has 0 saturated carbocycles. The molecule has 3 rings (SSSR count). The first-order valence-corrected chi connectivity index (χ1v) is 7.51. The van der Waals surface area contributed by atoms with E-state index in [0.29, 0.717) is 12.1 Å². The monoisotopic (exact) mass is 289 g/mol. The summed E-state index contributed by atoms with van der Waals surface area (Å²) in [5, 5.41) is 4.54. The van der Waals surface area contributed by atoms with Gasteiger partial charge in [0.2, 0.25) is 0 Å². The Kier molecular flexibility index (Phi) is 3.61. The second-order valence-electron chi connectivity index (χ2n) is 5.78. The summed E-state index contributed by atoms with van der Waals surface area (Å²) in [6.45, 7) is 6.23. The molecule has 1 aliphatic carbocycles. The minimum absolute atomic E-state index is 0.308. The molecule has 2 aromatic rings. The van der Waals surface area contributed by atoms with Crippen LogP contribution in [0.25, 0.3) is 0 Å². The highest BCUT2D eigenvalue weighted by atomic mass is 35.5. The number of halogens is 1. The lowest BCUT2D eigenvalue weighted by Gasteiger charge is -2.18. The Balaban J connectivity index is 1.70. The van der Waals surface area contributed by atoms with Crippen LogP contribution in [0, 0.1) is 13.8 Å². The van der Waals surface area contributed by atoms with Crippen molar-refractivity contribution in [1.29, 1.82) is 0 Å². The third-order valence-electron chi connectivity index (χ3n) is 4.13. The van der Waals surface area contributed by atoms with Gasteiger partial charge in [0.05, 0.1) is 0 Å². The van der Waals surface area contributed by atoms with Gasteiger partial charge in [0.15, 0.2) is 0 Å². The molecule has 1 aliphatic rings. The molecule has 1 aromatic carbocycles. The third kappa shape index (κ3) is 2.63. The van der Waals surface area contributed by atoms with Crippen molar-refractivity contribution < 1.29 is 4.42 Å². The molecule has 0 fully saturated rings. The van der Waals surface area contributed by atoms with Gasteiger partial charge in [0.1, 0.15) is 11.5 Å². The average Bonchev–Trinajstić information content (AvgIpc) is 2.91. The van der Waals surface area contributed by atoms with Gasteiger partial charge in [-0.1, -0.05) is 17.7 Å². The van der Waals surface area contributed by atoms with Crippen molar-refractivity contribution in [2.75, 3.05) is 0 Å². The summed E-state index contributed by atoms with van der Waals surface area (Å²) in [6.07, 6.45) is 2.13. The maximum atomic E-state index is 6.06. The third-order valence-corrected chi connectivity index (χ3v) is 4.37. The lowest BCUT2D eigenvalue weighted by molar-refractivity contribution is 0.452. The summed E-state index contributed by atoms with van der Waals surface area (Å²) in [7, 11) is 0. The fourth-order valence-electron chi connectivity index (χ4n) is 3.23. The highest BCUT2D eigenvalue weighted by Gasteiger charge is 2.24. The van der Waals surface area contributed by atoms with Crippen LogP contribution in [0.1, 0.15) is 41.2 Å². The maximum Gasteiger partial charge on any atom is 0.105 e. The molecule has 3 heteroatoms. The van der Waals surface area contributed by atoms with E-state index in [9.17, 15) is 0 Å². The molecule has 2 nitrogen and oxygen atoms in total. The molecular formula is C17H20ClNO. The fourth-order valence-corrected chi connectivity index (χ4v) is 3.42. The van der Waals surface area contributed by atoms with Gasteiger partial charge in [0.25, 0.3) is 0 Å². The molecule has 106 valence electrons. The van der Waals surface area contributed by atoms with E-state index in [1.165, 1.54) is 16.7 Å². The molecule has 0 spiro atoms. The Labute approximate surface area is 125 Å². The van der Waals surface area contributed by atoms with E-state index in [4.69, 9.17) is 16.0 Å². The van der Waals surface area contributed by atoms with Gasteiger partial charge in [-0.25, -0.2) is 0 Å². The quantitative estimate of drug-likeness (QED) is 0.908. The van der Waals surface area contributed by atoms with Gasteiger partial charge in [-0.3, -0.25) is 0 Å². The minimum atomic E-state index is 0.308. The molecule has 20 heavy (non-hydrogen) atoms. The Morgan fingerprint density at radius 1 is 1.20 bits per heavy atom. The fraction of sp³-hybridized carbons (Fsp3) is 0.412. The average molecular weight is 290 g/mol. The van der Waals surface area contributed by atoms with Crippen molar-refractivity contribution in [3.63, 3.8) is 0 Å². The van der Waals surface area contributed by atoms with Crippen molar-refractivity contribution in [2.24, 2.45) is 0 Å². The summed E-state index contributed by atoms with van der Waals surface area (Å²) in [5.74, 6) is 1.99. The van der Waals surface area contributed by atoms with Crippen LogP contribution in [0.5, 0.6) is 0 Å². The standard InChI is InChI=1S/C17H20ClNO/c1-10-6-17(12(3)20-10)11(2)19-16-8-13-4-5-15(18)7-14(13)9-16/h4-7,11,16,19H,8-9H2,1-3H3. The molecular weight excluding hydrogens is 270 g/mol. The zero-order valence-corrected chi connectivity index (χ0v) is 12.9. The predicted octanol–water partition coefficient (Wildman–Crippen LogP) is 4.37. The van der Waals surface area contributed by atoms with E-state index in [-0.39, 0.29) is 0 Å². The number of hydrogen-bond donors (Lipinski definition) is 1. The number of benzene rings is 1. The second kappa shape index (κ2) is 5.27. The van der Waals surface area contributed by atoms with Crippen LogP contribution in [0.15, 0.2) is 28.7 Å². The van der Waals surface area contributed by atoms with Gasteiger partial charge >= 0.3 is 0 Å². The highest BCUT2D eigenvalue weighted by Crippen LogP contribution is 2.28. The number of furan rings is 1. The number of hydrogen-bond acceptors (Lipinski definition) is 2. The molecule has 2 atom stereocenters. The van der Waals surface area contributed by atoms with Crippen LogP contribution in [0.3, 0.4) is 0 Å². The zero-order chi connectivity index (χ0) is 14.3. The Morgan fingerprint density at radius 3 is 2.65 bits per heavy atom. The molecule has 0 saturated heterocycles. The van der Waals surface area contributed by atoms with Crippen molar-refractivity contribution in [3.8, 4) is 0 Å². The van der Waals surface area contributed by atoms with Crippen molar-refractivity contribution in [3.05, 3.63) is 57.5 Å². The smallest absolute Gasteiger partial charge is 0.105 e. The Hall–Kier alpha value is -1.25. The van der Waals surface area contributed by atoms with Crippen LogP contribution < -0.4 is 5.32 Å². The summed E-state index contributed by atoms with van der Waals surface area (Å²) >= 11 is 6.06. The van der Waals surface area contributed by atoms with Gasteiger partial charge in [-0.2, -0.15) is 0 Å². The number of nitrogens with one attached hydrogen (secondary N) is 1. The molecule has 1 aromatic heterocycles. The van der Waals surface area contributed by atoms with Crippen LogP contribution >= 0.6 is 11.6 Å². The molecule has 0 radical (unpaired) electrons. The van der Waals surface area contributed by atoms with E-state index < -0.39 is 0 Å². The van der Waals surface area contributed by atoms with Crippen LogP contribution in [-0.4, -0.2) is 6.04 Å². The molecule has 2 unspecified atom stereocenters. The lowest BCUT2D eigenvalue weighted by Crippen LogP contribution is -2.32. The predicted molar refractivity (Wildman–Crippen MR) is 82.4 cm³/mol. The first kappa shape index (κ1) is 13.7. The first-order valence-electron chi connectivity index (χ1n) is 7.13. The zero-order valence-electron chi connectivity index (χ0n) is 12.2. The molecule has 0 aliphatic heterocycles. The summed E-state index contributed by atoms with van der Waals surface area (Å²) in [5.41, 5.74) is 4.05. The van der Waals surface area contributed by atoms with Gasteiger partial charge in [-0.05, 0) is 62.9 Å². The number of fused-ring (bicyclic) bond motifs is 1. The molecule has 1 heterocycles. The highest BCUT2D eigenvalue weighted by molar-refractivity contribution is 6.30. The molecule has 0 bridgehead atoms. The minimum Gasteiger partial charge on any atom is -0.466 e. The SMILES string of the molecule is Cc1cc(C(C)NC2Cc3ccc(Cl)cc3C2)c(C)o1. The van der Waals surface area contributed by atoms with Gasteiger partial charge < -0.3 is 9.73 Å². The lowest BCUT2D eigenvalue weighted by atomic mass is 10.1. The van der Waals surface area contributed by atoms with Crippen LogP contribution in [0.4, 0.5) is 0 Å². The first-order chi connectivity index (χ1) is 9.52. The summed E-state index contributed by atoms with van der Waals surface area (Å²) < 4.78 is 5.62. The van der Waals surface area contributed by atoms with Crippen molar-refractivity contribution in [2.45, 2.75) is 45.7 Å². The van der Waals surface area contributed by atoms with E-state index in [1.807, 2.05) is 19.9 Å². The van der Waals surface area contributed by atoms with Crippen LogP contribution in [0.2, 0.25) is 5.02 Å². The van der Waals surface area contributed by atoms with E-state index >= 15 is 0 Å². The molecule has 0 amide bonds. The van der Waals surface area contributed by atoms with Gasteiger partial charge in [-0.15, -0.1) is 0 Å². The van der Waals surface area contributed by atoms with Crippen LogP contribution in [-0.2, 0) is 12.8 Å². The number of aryl methyl sites for hydroxylation is 2. The van der Waals surface area contributed by atoms with Gasteiger partial charge in [0, 0.05) is 22.7 Å². The van der Waals surface area contributed by atoms with E-state index in [1.54, 1.807) is 0 Å². The molecule has 1 N–H and O–H groups in total. The largest absolute Gasteiger partial charge is 0.466 e. The maximum absolute atomic E-state index is 6.06. The summed E-state index contributed by atoms with van der Waals surface area (Å²) in [4.78, 5) is 0. The summed E-state index contributed by atoms with van der Waals surface area (Å²) in [6, 6.07) is 9.14. The second-order valence-corrected chi connectivity index (χ2v) is 6.21. The van der Waals surface area contributed by atoms with Crippen molar-refractivity contribution >= 4 is 11.6 Å². The Morgan fingerprint density at radius 2 is 1.95 bits per heavy atom. The Bertz CT molecular complexity index is 632. The topological polar surface area (TPSA) is 25.2 Å². The van der Waals surface area contributed by atoms with E-state index in [0.717, 1.165) is 29.4 Å². The number of rotatable bonds is 3. The van der Waals surface area contributed by atoms with Crippen molar-refractivity contribution in [1.82, 2.24) is 5.32 Å². The normalized spacial score (nSPS) is 19.1.